The van der Waals surface area contributed by atoms with Crippen LogP contribution in [0.2, 0.25) is 0 Å². The van der Waals surface area contributed by atoms with Crippen molar-refractivity contribution in [2.24, 2.45) is 28.6 Å². The van der Waals surface area contributed by atoms with Crippen LogP contribution in [0.4, 0.5) is 8.78 Å². The lowest BCUT2D eigenvalue weighted by atomic mass is 9.44. The molecular formula is C21H26F2O5. The average molecular weight is 396 g/mol. The molecule has 0 saturated heterocycles. The fraction of sp³-hybridized carbons (Fsp3) is 0.714. The fourth-order valence-electron chi connectivity index (χ4n) is 7.00. The number of aliphatic carboxylic acids is 1. The molecule has 4 aliphatic rings. The highest BCUT2D eigenvalue weighted by molar-refractivity contribution is 6.01. The maximum absolute atomic E-state index is 16.8. The van der Waals surface area contributed by atoms with Gasteiger partial charge in [-0.1, -0.05) is 19.9 Å². The van der Waals surface area contributed by atoms with Crippen LogP contribution in [0.25, 0.3) is 0 Å². The lowest BCUT2D eigenvalue weighted by molar-refractivity contribution is -0.229. The van der Waals surface area contributed by atoms with Crippen LogP contribution in [0.1, 0.15) is 40.0 Å². The first kappa shape index (κ1) is 19.7. The Balaban J connectivity index is 1.88. The minimum atomic E-state index is -2.26. The molecule has 3 fully saturated rings. The number of allylic oxidation sites excluding steroid dienone is 4. The molecule has 0 bridgehead atoms. The van der Waals surface area contributed by atoms with Crippen LogP contribution in [0.3, 0.4) is 0 Å². The second-order valence-electron chi connectivity index (χ2n) is 9.57. The molecular weight excluding hydrogens is 370 g/mol. The SMILES string of the molecule is C[C@@H]1CC2C3C[C@H](F)C4=CC(=O)C=C[C@]4(C)[C@@]3(F)[C@@H](O)C[C@]2(C)[C@@]1(O)C(=O)O. The number of aliphatic hydroxyl groups is 2. The number of carboxylic acid groups (broad SMARTS) is 1. The Morgan fingerprint density at radius 1 is 1.25 bits per heavy atom. The maximum Gasteiger partial charge on any atom is 0.336 e. The minimum Gasteiger partial charge on any atom is -0.479 e. The van der Waals surface area contributed by atoms with Gasteiger partial charge in [-0.3, -0.25) is 4.79 Å². The van der Waals surface area contributed by atoms with Crippen LogP contribution in [-0.4, -0.2) is 50.6 Å². The van der Waals surface area contributed by atoms with Crippen molar-refractivity contribution in [3.8, 4) is 0 Å². The molecule has 0 amide bonds. The molecule has 3 N–H and O–H groups in total. The molecule has 0 spiro atoms. The maximum atomic E-state index is 16.8. The number of carboxylic acids is 1. The highest BCUT2D eigenvalue weighted by atomic mass is 19.1. The van der Waals surface area contributed by atoms with Crippen LogP contribution in [0.5, 0.6) is 0 Å². The topological polar surface area (TPSA) is 94.8 Å². The molecule has 0 heterocycles. The third-order valence-electron chi connectivity index (χ3n) is 8.54. The van der Waals surface area contributed by atoms with Gasteiger partial charge in [-0.15, -0.1) is 0 Å². The van der Waals surface area contributed by atoms with Gasteiger partial charge in [0.2, 0.25) is 0 Å². The van der Waals surface area contributed by atoms with E-state index >= 15 is 8.78 Å². The van der Waals surface area contributed by atoms with Gasteiger partial charge < -0.3 is 15.3 Å². The first-order chi connectivity index (χ1) is 12.8. The standard InChI is InChI=1S/C21H26F2O5/c1-10-6-12-13-8-15(22)14-7-11(24)4-5-18(14,2)20(13,23)16(25)9-19(12,3)21(10,28)17(26)27/h4-5,7,10,12-13,15-16,25,28H,6,8-9H2,1-3H3,(H,26,27)/t10-,12?,13?,15+,16+,18+,19+,20+,21+/m1/s1. The predicted octanol–water partition coefficient (Wildman–Crippen LogP) is 2.37. The monoisotopic (exact) mass is 396 g/mol. The van der Waals surface area contributed by atoms with E-state index in [0.29, 0.717) is 0 Å². The number of hydrogen-bond acceptors (Lipinski definition) is 4. The normalized spacial score (nSPS) is 55.2. The second-order valence-corrected chi connectivity index (χ2v) is 9.57. The zero-order valence-electron chi connectivity index (χ0n) is 16.2. The molecule has 154 valence electrons. The molecule has 0 aromatic heterocycles. The van der Waals surface area contributed by atoms with E-state index in [9.17, 15) is 24.9 Å². The zero-order chi connectivity index (χ0) is 20.9. The molecule has 0 aliphatic heterocycles. The number of rotatable bonds is 1. The van der Waals surface area contributed by atoms with Crippen molar-refractivity contribution < 1.29 is 33.7 Å². The number of hydrogen-bond donors (Lipinski definition) is 3. The van der Waals surface area contributed by atoms with Crippen molar-refractivity contribution >= 4 is 11.8 Å². The summed E-state index contributed by atoms with van der Waals surface area (Å²) in [5, 5.41) is 31.8. The Morgan fingerprint density at radius 3 is 2.50 bits per heavy atom. The van der Waals surface area contributed by atoms with Crippen molar-refractivity contribution in [1.29, 1.82) is 0 Å². The Hall–Kier alpha value is -1.60. The summed E-state index contributed by atoms with van der Waals surface area (Å²) in [6.07, 6.45) is 0.214. The summed E-state index contributed by atoms with van der Waals surface area (Å²) in [6.45, 7) is 4.67. The van der Waals surface area contributed by atoms with Gasteiger partial charge >= 0.3 is 5.97 Å². The molecule has 5 nitrogen and oxygen atoms in total. The molecule has 0 radical (unpaired) electrons. The molecule has 0 aromatic rings. The first-order valence-corrected chi connectivity index (χ1v) is 9.76. The third kappa shape index (κ3) is 1.92. The van der Waals surface area contributed by atoms with Crippen LogP contribution in [-0.2, 0) is 9.59 Å². The van der Waals surface area contributed by atoms with E-state index in [0.717, 1.165) is 6.08 Å². The minimum absolute atomic E-state index is 0.0287. The van der Waals surface area contributed by atoms with Crippen LogP contribution in [0, 0.1) is 28.6 Å². The predicted molar refractivity (Wildman–Crippen MR) is 95.8 cm³/mol. The Labute approximate surface area is 162 Å². The number of fused-ring (bicyclic) bond motifs is 5. The second kappa shape index (κ2) is 5.51. The Bertz CT molecular complexity index is 824. The van der Waals surface area contributed by atoms with Crippen molar-refractivity contribution in [1.82, 2.24) is 0 Å². The smallest absolute Gasteiger partial charge is 0.336 e. The number of carbonyl (C=O) groups excluding carboxylic acids is 1. The number of halogens is 2. The quantitative estimate of drug-likeness (QED) is 0.633. The van der Waals surface area contributed by atoms with Crippen LogP contribution in [0.15, 0.2) is 23.8 Å². The van der Waals surface area contributed by atoms with Gasteiger partial charge in [0.05, 0.1) is 6.10 Å². The molecule has 3 saturated carbocycles. The van der Waals surface area contributed by atoms with Gasteiger partial charge in [0, 0.05) is 16.7 Å². The summed E-state index contributed by atoms with van der Waals surface area (Å²) in [5.74, 6) is -4.07. The van der Waals surface area contributed by atoms with Crippen molar-refractivity contribution in [2.45, 2.75) is 63.6 Å². The number of aliphatic hydroxyl groups excluding tert-OH is 1. The Morgan fingerprint density at radius 2 is 1.89 bits per heavy atom. The summed E-state index contributed by atoms with van der Waals surface area (Å²) >= 11 is 0. The highest BCUT2D eigenvalue weighted by Gasteiger charge is 2.76. The van der Waals surface area contributed by atoms with Crippen LogP contribution >= 0.6 is 0 Å². The van der Waals surface area contributed by atoms with Gasteiger partial charge in [-0.2, -0.15) is 0 Å². The molecule has 4 aliphatic carbocycles. The lowest BCUT2D eigenvalue weighted by Gasteiger charge is -2.62. The first-order valence-electron chi connectivity index (χ1n) is 9.76. The van der Waals surface area contributed by atoms with E-state index in [-0.39, 0.29) is 24.8 Å². The Kier molecular flexibility index (Phi) is 3.88. The van der Waals surface area contributed by atoms with Gasteiger partial charge in [-0.05, 0) is 55.7 Å². The zero-order valence-corrected chi connectivity index (χ0v) is 16.2. The number of carbonyl (C=O) groups is 2. The summed E-state index contributed by atoms with van der Waals surface area (Å²) in [5.41, 5.74) is -7.14. The molecule has 7 heteroatoms. The van der Waals surface area contributed by atoms with Gasteiger partial charge in [0.1, 0.15) is 6.17 Å². The number of alkyl halides is 2. The van der Waals surface area contributed by atoms with Crippen molar-refractivity contribution in [2.75, 3.05) is 0 Å². The highest BCUT2D eigenvalue weighted by Crippen LogP contribution is 2.70. The number of ketones is 1. The van der Waals surface area contributed by atoms with E-state index in [1.54, 1.807) is 13.8 Å². The summed E-state index contributed by atoms with van der Waals surface area (Å²) in [4.78, 5) is 23.7. The summed E-state index contributed by atoms with van der Waals surface area (Å²) < 4.78 is 31.9. The van der Waals surface area contributed by atoms with E-state index in [4.69, 9.17) is 0 Å². The van der Waals surface area contributed by atoms with E-state index < -0.39 is 63.9 Å². The van der Waals surface area contributed by atoms with Gasteiger partial charge in [-0.25, -0.2) is 13.6 Å². The lowest BCUT2D eigenvalue weighted by Crippen LogP contribution is -2.70. The van der Waals surface area contributed by atoms with Gasteiger partial charge in [0.15, 0.2) is 17.1 Å². The largest absolute Gasteiger partial charge is 0.479 e. The van der Waals surface area contributed by atoms with E-state index in [1.807, 2.05) is 0 Å². The van der Waals surface area contributed by atoms with E-state index in [1.165, 1.54) is 19.1 Å². The molecule has 2 unspecified atom stereocenters. The molecule has 0 aromatic carbocycles. The third-order valence-corrected chi connectivity index (χ3v) is 8.54. The molecule has 28 heavy (non-hydrogen) atoms. The van der Waals surface area contributed by atoms with Crippen molar-refractivity contribution in [3.63, 3.8) is 0 Å². The average Bonchev–Trinajstić information content (AvgIpc) is 2.81. The van der Waals surface area contributed by atoms with E-state index in [2.05, 4.69) is 0 Å². The summed E-state index contributed by atoms with van der Waals surface area (Å²) in [6, 6.07) is 0. The van der Waals surface area contributed by atoms with Crippen LogP contribution < -0.4 is 0 Å². The fourth-order valence-corrected chi connectivity index (χ4v) is 7.00. The summed E-state index contributed by atoms with van der Waals surface area (Å²) in [7, 11) is 0. The molecule has 4 rings (SSSR count). The van der Waals surface area contributed by atoms with Crippen molar-refractivity contribution in [3.05, 3.63) is 23.8 Å². The van der Waals surface area contributed by atoms with Gasteiger partial charge in [0.25, 0.3) is 0 Å². The molecule has 9 atom stereocenters.